The summed E-state index contributed by atoms with van der Waals surface area (Å²) < 4.78 is 5.50. The summed E-state index contributed by atoms with van der Waals surface area (Å²) in [6.07, 6.45) is 6.46. The molecule has 0 bridgehead atoms. The highest BCUT2D eigenvalue weighted by Gasteiger charge is 2.19. The highest BCUT2D eigenvalue weighted by Crippen LogP contribution is 2.18. The molecule has 0 saturated heterocycles. The molecule has 1 aromatic carbocycles. The number of unbranched alkanes of at least 4 members (excludes halogenated alkanes) is 1. The molecule has 1 aliphatic rings. The largest absolute Gasteiger partial charge is 0.494 e. The van der Waals surface area contributed by atoms with Crippen molar-refractivity contribution in [3.8, 4) is 5.75 Å². The predicted octanol–water partition coefficient (Wildman–Crippen LogP) is 3.16. The van der Waals surface area contributed by atoms with Gasteiger partial charge in [0.15, 0.2) is 0 Å². The highest BCUT2D eigenvalue weighted by atomic mass is 16.5. The summed E-state index contributed by atoms with van der Waals surface area (Å²) in [5.74, 6) is 1.00. The minimum Gasteiger partial charge on any atom is -0.494 e. The van der Waals surface area contributed by atoms with Crippen LogP contribution in [0.15, 0.2) is 24.3 Å². The Morgan fingerprint density at radius 2 is 2.18 bits per heavy atom. The standard InChI is InChI=1S/C15H23NO/c1-2-17-15-8-5-7-13(12-15)6-3-4-11-16-14-9-10-14/h5,7-8,12,14,16H,2-4,6,9-11H2,1H3. The molecular formula is C15H23NO. The van der Waals surface area contributed by atoms with Crippen LogP contribution < -0.4 is 10.1 Å². The van der Waals surface area contributed by atoms with Gasteiger partial charge in [-0.3, -0.25) is 0 Å². The van der Waals surface area contributed by atoms with Gasteiger partial charge in [0.1, 0.15) is 5.75 Å². The van der Waals surface area contributed by atoms with Crippen molar-refractivity contribution in [2.75, 3.05) is 13.2 Å². The zero-order chi connectivity index (χ0) is 11.9. The van der Waals surface area contributed by atoms with Crippen LogP contribution in [0.4, 0.5) is 0 Å². The number of benzene rings is 1. The first-order valence-corrected chi connectivity index (χ1v) is 6.83. The van der Waals surface area contributed by atoms with Gasteiger partial charge in [0, 0.05) is 6.04 Å². The molecule has 0 spiro atoms. The van der Waals surface area contributed by atoms with E-state index < -0.39 is 0 Å². The summed E-state index contributed by atoms with van der Waals surface area (Å²) in [4.78, 5) is 0. The van der Waals surface area contributed by atoms with Gasteiger partial charge >= 0.3 is 0 Å². The van der Waals surface area contributed by atoms with Gasteiger partial charge in [0.25, 0.3) is 0 Å². The first-order chi connectivity index (χ1) is 8.38. The smallest absolute Gasteiger partial charge is 0.119 e. The van der Waals surface area contributed by atoms with Crippen LogP contribution in [0.3, 0.4) is 0 Å². The SMILES string of the molecule is CCOc1cccc(CCCCNC2CC2)c1. The lowest BCUT2D eigenvalue weighted by Crippen LogP contribution is -2.17. The summed E-state index contributed by atoms with van der Waals surface area (Å²) >= 11 is 0. The molecule has 1 fully saturated rings. The van der Waals surface area contributed by atoms with Gasteiger partial charge in [0.2, 0.25) is 0 Å². The van der Waals surface area contributed by atoms with E-state index in [-0.39, 0.29) is 0 Å². The van der Waals surface area contributed by atoms with Crippen molar-refractivity contribution in [1.29, 1.82) is 0 Å². The number of hydrogen-bond acceptors (Lipinski definition) is 2. The molecule has 0 aliphatic heterocycles. The minimum absolute atomic E-state index is 0.745. The molecule has 1 saturated carbocycles. The fourth-order valence-electron chi connectivity index (χ4n) is 2.01. The quantitative estimate of drug-likeness (QED) is 0.696. The second-order valence-electron chi connectivity index (χ2n) is 4.77. The molecule has 17 heavy (non-hydrogen) atoms. The molecular weight excluding hydrogens is 210 g/mol. The number of ether oxygens (including phenoxy) is 1. The van der Waals surface area contributed by atoms with Crippen molar-refractivity contribution in [3.63, 3.8) is 0 Å². The number of rotatable bonds is 8. The van der Waals surface area contributed by atoms with E-state index in [4.69, 9.17) is 4.74 Å². The van der Waals surface area contributed by atoms with Crippen LogP contribution in [0.2, 0.25) is 0 Å². The van der Waals surface area contributed by atoms with Crippen LogP contribution in [0.1, 0.15) is 38.2 Å². The van der Waals surface area contributed by atoms with Crippen molar-refractivity contribution in [2.45, 2.75) is 45.1 Å². The van der Waals surface area contributed by atoms with Crippen molar-refractivity contribution < 1.29 is 4.74 Å². The summed E-state index contributed by atoms with van der Waals surface area (Å²) in [7, 11) is 0. The van der Waals surface area contributed by atoms with Crippen LogP contribution in [0.25, 0.3) is 0 Å². The number of nitrogens with one attached hydrogen (secondary N) is 1. The maximum atomic E-state index is 5.50. The topological polar surface area (TPSA) is 21.3 Å². The van der Waals surface area contributed by atoms with Crippen LogP contribution in [0, 0.1) is 0 Å². The summed E-state index contributed by atoms with van der Waals surface area (Å²) in [6.45, 7) is 3.95. The molecule has 1 aliphatic carbocycles. The third-order valence-electron chi connectivity index (χ3n) is 3.11. The lowest BCUT2D eigenvalue weighted by Gasteiger charge is -2.06. The van der Waals surface area contributed by atoms with Crippen molar-refractivity contribution in [2.24, 2.45) is 0 Å². The monoisotopic (exact) mass is 233 g/mol. The fourth-order valence-corrected chi connectivity index (χ4v) is 2.01. The molecule has 0 atom stereocenters. The van der Waals surface area contributed by atoms with Gasteiger partial charge < -0.3 is 10.1 Å². The Kier molecular flexibility index (Phi) is 4.87. The van der Waals surface area contributed by atoms with Crippen LogP contribution in [-0.2, 0) is 6.42 Å². The Balaban J connectivity index is 1.64. The van der Waals surface area contributed by atoms with Crippen molar-refractivity contribution in [3.05, 3.63) is 29.8 Å². The van der Waals surface area contributed by atoms with Gasteiger partial charge in [-0.05, 0) is 63.3 Å². The maximum Gasteiger partial charge on any atom is 0.119 e. The molecule has 2 rings (SSSR count). The van der Waals surface area contributed by atoms with Crippen LogP contribution in [-0.4, -0.2) is 19.2 Å². The Morgan fingerprint density at radius 1 is 1.29 bits per heavy atom. The van der Waals surface area contributed by atoms with Crippen molar-refractivity contribution in [1.82, 2.24) is 5.32 Å². The molecule has 0 radical (unpaired) electrons. The maximum absolute atomic E-state index is 5.50. The minimum atomic E-state index is 0.745. The van der Waals surface area contributed by atoms with E-state index >= 15 is 0 Å². The van der Waals surface area contributed by atoms with E-state index in [1.807, 2.05) is 13.0 Å². The first-order valence-electron chi connectivity index (χ1n) is 6.83. The van der Waals surface area contributed by atoms with Gasteiger partial charge in [-0.25, -0.2) is 0 Å². The van der Waals surface area contributed by atoms with E-state index in [1.165, 1.54) is 37.8 Å². The lowest BCUT2D eigenvalue weighted by molar-refractivity contribution is 0.340. The normalized spacial score (nSPS) is 14.9. The summed E-state index contributed by atoms with van der Waals surface area (Å²) in [5.41, 5.74) is 1.39. The Bertz CT molecular complexity index is 333. The van der Waals surface area contributed by atoms with Gasteiger partial charge in [0.05, 0.1) is 6.61 Å². The van der Waals surface area contributed by atoms with Gasteiger partial charge in [-0.2, -0.15) is 0 Å². The van der Waals surface area contributed by atoms with E-state index in [1.54, 1.807) is 0 Å². The van der Waals surface area contributed by atoms with E-state index in [2.05, 4.69) is 23.5 Å². The fraction of sp³-hybridized carbons (Fsp3) is 0.600. The second-order valence-corrected chi connectivity index (χ2v) is 4.77. The molecule has 1 aromatic rings. The molecule has 2 nitrogen and oxygen atoms in total. The lowest BCUT2D eigenvalue weighted by atomic mass is 10.1. The zero-order valence-corrected chi connectivity index (χ0v) is 10.7. The summed E-state index contributed by atoms with van der Waals surface area (Å²) in [5, 5.41) is 3.55. The second kappa shape index (κ2) is 6.65. The predicted molar refractivity (Wildman–Crippen MR) is 71.6 cm³/mol. The highest BCUT2D eigenvalue weighted by molar-refractivity contribution is 5.28. The average molecular weight is 233 g/mol. The molecule has 0 heterocycles. The van der Waals surface area contributed by atoms with E-state index in [0.29, 0.717) is 0 Å². The van der Waals surface area contributed by atoms with E-state index in [9.17, 15) is 0 Å². The Labute approximate surface area is 104 Å². The number of hydrogen-bond donors (Lipinski definition) is 1. The molecule has 0 amide bonds. The number of aryl methyl sites for hydroxylation is 1. The zero-order valence-electron chi connectivity index (χ0n) is 10.7. The van der Waals surface area contributed by atoms with Gasteiger partial charge in [-0.1, -0.05) is 12.1 Å². The Morgan fingerprint density at radius 3 is 2.94 bits per heavy atom. The Hall–Kier alpha value is -1.02. The molecule has 1 N–H and O–H groups in total. The molecule has 0 unspecified atom stereocenters. The summed E-state index contributed by atoms with van der Waals surface area (Å²) in [6, 6.07) is 9.32. The molecule has 0 aromatic heterocycles. The first kappa shape index (κ1) is 12.4. The third-order valence-corrected chi connectivity index (χ3v) is 3.11. The van der Waals surface area contributed by atoms with Crippen LogP contribution in [0.5, 0.6) is 5.75 Å². The average Bonchev–Trinajstić information content (AvgIpc) is 3.14. The van der Waals surface area contributed by atoms with Gasteiger partial charge in [-0.15, -0.1) is 0 Å². The molecule has 94 valence electrons. The third kappa shape index (κ3) is 4.78. The van der Waals surface area contributed by atoms with Crippen molar-refractivity contribution >= 4 is 0 Å². The molecule has 2 heteroatoms. The van der Waals surface area contributed by atoms with Crippen LogP contribution >= 0.6 is 0 Å². The van der Waals surface area contributed by atoms with E-state index in [0.717, 1.165) is 24.8 Å².